The summed E-state index contributed by atoms with van der Waals surface area (Å²) >= 11 is 0. The van der Waals surface area contributed by atoms with Crippen LogP contribution in [0.1, 0.15) is 17.3 Å². The van der Waals surface area contributed by atoms with E-state index in [1.807, 2.05) is 0 Å². The van der Waals surface area contributed by atoms with Crippen molar-refractivity contribution in [1.29, 1.82) is 0 Å². The van der Waals surface area contributed by atoms with E-state index in [-0.39, 0.29) is 12.0 Å². The van der Waals surface area contributed by atoms with Crippen molar-refractivity contribution in [2.24, 2.45) is 5.92 Å². The SMILES string of the molecule is COC(=O)c1ccc(N)c(N[C@@H]2COCC2C)c1. The Hall–Kier alpha value is -1.75. The van der Waals surface area contributed by atoms with Crippen LogP contribution in [0.3, 0.4) is 0 Å². The van der Waals surface area contributed by atoms with Crippen LogP contribution in [0.15, 0.2) is 18.2 Å². The normalized spacial score (nSPS) is 22.8. The number of esters is 1. The second-order valence-electron chi connectivity index (χ2n) is 4.56. The second-order valence-corrected chi connectivity index (χ2v) is 4.56. The lowest BCUT2D eigenvalue weighted by Crippen LogP contribution is -2.26. The number of ether oxygens (including phenoxy) is 2. The minimum absolute atomic E-state index is 0.222. The highest BCUT2D eigenvalue weighted by Gasteiger charge is 2.24. The highest BCUT2D eigenvalue weighted by molar-refractivity contribution is 5.92. The molecule has 5 nitrogen and oxygen atoms in total. The summed E-state index contributed by atoms with van der Waals surface area (Å²) in [5, 5.41) is 3.32. The van der Waals surface area contributed by atoms with Gasteiger partial charge in [0.05, 0.1) is 43.3 Å². The molecule has 0 aliphatic carbocycles. The Balaban J connectivity index is 2.18. The Bertz CT molecular complexity index is 448. The number of carbonyl (C=O) groups excluding carboxylic acids is 1. The van der Waals surface area contributed by atoms with Crippen molar-refractivity contribution in [1.82, 2.24) is 0 Å². The van der Waals surface area contributed by atoms with Gasteiger partial charge in [0.2, 0.25) is 0 Å². The van der Waals surface area contributed by atoms with Crippen LogP contribution in [-0.2, 0) is 9.47 Å². The van der Waals surface area contributed by atoms with Crippen molar-refractivity contribution in [2.75, 3.05) is 31.4 Å². The van der Waals surface area contributed by atoms with Crippen LogP contribution < -0.4 is 11.1 Å². The zero-order valence-electron chi connectivity index (χ0n) is 10.6. The van der Waals surface area contributed by atoms with Crippen molar-refractivity contribution in [3.8, 4) is 0 Å². The summed E-state index contributed by atoms with van der Waals surface area (Å²) in [4.78, 5) is 11.5. The van der Waals surface area contributed by atoms with E-state index < -0.39 is 0 Å². The molecule has 0 bridgehead atoms. The molecule has 0 amide bonds. The van der Waals surface area contributed by atoms with Crippen LogP contribution >= 0.6 is 0 Å². The molecule has 3 N–H and O–H groups in total. The average molecular weight is 250 g/mol. The molecule has 1 aliphatic rings. The fourth-order valence-electron chi connectivity index (χ4n) is 1.97. The summed E-state index contributed by atoms with van der Waals surface area (Å²) in [6.07, 6.45) is 0. The lowest BCUT2D eigenvalue weighted by Gasteiger charge is -2.18. The van der Waals surface area contributed by atoms with Gasteiger partial charge in [-0.25, -0.2) is 4.79 Å². The molecule has 2 atom stereocenters. The first kappa shape index (κ1) is 12.7. The fraction of sp³-hybridized carbons (Fsp3) is 0.462. The molecule has 0 aromatic heterocycles. The Morgan fingerprint density at radius 1 is 1.50 bits per heavy atom. The van der Waals surface area contributed by atoms with Gasteiger partial charge in [0.1, 0.15) is 0 Å². The number of hydrogen-bond donors (Lipinski definition) is 2. The van der Waals surface area contributed by atoms with Crippen LogP contribution in [0, 0.1) is 5.92 Å². The number of nitrogens with two attached hydrogens (primary N) is 1. The third-order valence-electron chi connectivity index (χ3n) is 3.18. The maximum Gasteiger partial charge on any atom is 0.337 e. The van der Waals surface area contributed by atoms with Crippen molar-refractivity contribution >= 4 is 17.3 Å². The van der Waals surface area contributed by atoms with Gasteiger partial charge in [0.15, 0.2) is 0 Å². The average Bonchev–Trinajstić information content (AvgIpc) is 2.77. The first-order valence-electron chi connectivity index (χ1n) is 5.94. The zero-order valence-corrected chi connectivity index (χ0v) is 10.6. The van der Waals surface area contributed by atoms with E-state index in [0.717, 1.165) is 12.3 Å². The lowest BCUT2D eigenvalue weighted by molar-refractivity contribution is 0.0601. The van der Waals surface area contributed by atoms with E-state index in [4.69, 9.17) is 15.2 Å². The third-order valence-corrected chi connectivity index (χ3v) is 3.18. The maximum atomic E-state index is 11.5. The summed E-state index contributed by atoms with van der Waals surface area (Å²) in [7, 11) is 1.36. The molecule has 5 heteroatoms. The number of carbonyl (C=O) groups is 1. The van der Waals surface area contributed by atoms with Gasteiger partial charge in [-0.15, -0.1) is 0 Å². The van der Waals surface area contributed by atoms with Gasteiger partial charge >= 0.3 is 5.97 Å². The quantitative estimate of drug-likeness (QED) is 0.628. The number of benzene rings is 1. The highest BCUT2D eigenvalue weighted by atomic mass is 16.5. The summed E-state index contributed by atoms with van der Waals surface area (Å²) in [5.41, 5.74) is 7.75. The summed E-state index contributed by atoms with van der Waals surface area (Å²) in [6, 6.07) is 5.29. The Morgan fingerprint density at radius 3 is 2.89 bits per heavy atom. The third kappa shape index (κ3) is 2.56. The number of nitrogens with one attached hydrogen (secondary N) is 1. The van der Waals surface area contributed by atoms with E-state index in [2.05, 4.69) is 12.2 Å². The zero-order chi connectivity index (χ0) is 13.1. The van der Waals surface area contributed by atoms with E-state index in [0.29, 0.717) is 23.8 Å². The monoisotopic (exact) mass is 250 g/mol. The lowest BCUT2D eigenvalue weighted by atomic mass is 10.1. The fourth-order valence-corrected chi connectivity index (χ4v) is 1.97. The molecule has 1 saturated heterocycles. The molecule has 1 aromatic rings. The van der Waals surface area contributed by atoms with Crippen LogP contribution in [0.25, 0.3) is 0 Å². The number of rotatable bonds is 3. The van der Waals surface area contributed by atoms with Gasteiger partial charge in [-0.3, -0.25) is 0 Å². The Kier molecular flexibility index (Phi) is 3.72. The summed E-state index contributed by atoms with van der Waals surface area (Å²) in [5.74, 6) is 0.0555. The van der Waals surface area contributed by atoms with Crippen molar-refractivity contribution in [3.05, 3.63) is 23.8 Å². The molecular formula is C13H18N2O3. The molecule has 1 aliphatic heterocycles. The number of nitrogen functional groups attached to an aromatic ring is 1. The molecule has 2 rings (SSSR count). The summed E-state index contributed by atoms with van der Waals surface area (Å²) < 4.78 is 10.1. The van der Waals surface area contributed by atoms with E-state index in [1.165, 1.54) is 7.11 Å². The highest BCUT2D eigenvalue weighted by Crippen LogP contribution is 2.25. The van der Waals surface area contributed by atoms with Gasteiger partial charge < -0.3 is 20.5 Å². The Morgan fingerprint density at radius 2 is 2.28 bits per heavy atom. The standard InChI is InChI=1S/C13H18N2O3/c1-8-6-18-7-12(8)15-11-5-9(13(16)17-2)3-4-10(11)14/h3-5,8,12,15H,6-7,14H2,1-2H3/t8?,12-/m1/s1. The van der Waals surface area contributed by atoms with Crippen LogP contribution in [0.2, 0.25) is 0 Å². The second kappa shape index (κ2) is 5.27. The topological polar surface area (TPSA) is 73.6 Å². The van der Waals surface area contributed by atoms with Gasteiger partial charge in [0, 0.05) is 5.92 Å². The molecule has 0 radical (unpaired) electrons. The predicted molar refractivity (Wildman–Crippen MR) is 69.6 cm³/mol. The molecule has 1 unspecified atom stereocenters. The van der Waals surface area contributed by atoms with Gasteiger partial charge in [-0.05, 0) is 18.2 Å². The predicted octanol–water partition coefficient (Wildman–Crippen LogP) is 1.50. The molecular weight excluding hydrogens is 232 g/mol. The number of hydrogen-bond acceptors (Lipinski definition) is 5. The minimum atomic E-state index is -0.367. The summed E-state index contributed by atoms with van der Waals surface area (Å²) in [6.45, 7) is 3.52. The molecule has 1 heterocycles. The molecule has 1 aromatic carbocycles. The van der Waals surface area contributed by atoms with E-state index in [1.54, 1.807) is 18.2 Å². The first-order valence-corrected chi connectivity index (χ1v) is 5.94. The van der Waals surface area contributed by atoms with Crippen molar-refractivity contribution in [3.63, 3.8) is 0 Å². The molecule has 0 spiro atoms. The molecule has 0 saturated carbocycles. The van der Waals surface area contributed by atoms with Gasteiger partial charge in [0.25, 0.3) is 0 Å². The molecule has 98 valence electrons. The minimum Gasteiger partial charge on any atom is -0.465 e. The van der Waals surface area contributed by atoms with Crippen LogP contribution in [0.4, 0.5) is 11.4 Å². The molecule has 1 fully saturated rings. The molecule has 18 heavy (non-hydrogen) atoms. The van der Waals surface area contributed by atoms with Crippen molar-refractivity contribution in [2.45, 2.75) is 13.0 Å². The van der Waals surface area contributed by atoms with Crippen LogP contribution in [0.5, 0.6) is 0 Å². The largest absolute Gasteiger partial charge is 0.465 e. The van der Waals surface area contributed by atoms with E-state index in [9.17, 15) is 4.79 Å². The smallest absolute Gasteiger partial charge is 0.337 e. The number of methoxy groups -OCH3 is 1. The van der Waals surface area contributed by atoms with Gasteiger partial charge in [-0.2, -0.15) is 0 Å². The van der Waals surface area contributed by atoms with E-state index >= 15 is 0 Å². The number of anilines is 2. The maximum absolute atomic E-state index is 11.5. The Labute approximate surface area is 106 Å². The van der Waals surface area contributed by atoms with Crippen molar-refractivity contribution < 1.29 is 14.3 Å². The first-order chi connectivity index (χ1) is 8.61. The van der Waals surface area contributed by atoms with Crippen LogP contribution in [-0.4, -0.2) is 32.3 Å². The van der Waals surface area contributed by atoms with Gasteiger partial charge in [-0.1, -0.05) is 6.92 Å².